The van der Waals surface area contributed by atoms with Gasteiger partial charge in [0.25, 0.3) is 0 Å². The van der Waals surface area contributed by atoms with Crippen LogP contribution in [-0.2, 0) is 4.74 Å². The molecule has 0 amide bonds. The van der Waals surface area contributed by atoms with Crippen molar-refractivity contribution in [3.8, 4) is 0 Å². The first-order chi connectivity index (χ1) is 7.43. The van der Waals surface area contributed by atoms with Crippen molar-refractivity contribution < 1.29 is 4.74 Å². The molecule has 0 radical (unpaired) electrons. The van der Waals surface area contributed by atoms with Crippen LogP contribution < -0.4 is 11.3 Å². The minimum Gasteiger partial charge on any atom is -0.377 e. The smallest absolute Gasteiger partial charge is 0.0844 e. The van der Waals surface area contributed by atoms with Crippen LogP contribution in [-0.4, -0.2) is 18.8 Å². The monoisotopic (exact) mass is 228 g/mol. The van der Waals surface area contributed by atoms with Crippen molar-refractivity contribution >= 4 is 0 Å². The standard InChI is InChI=1S/C13H28N2O/c1-12(2,3)10-7-11(15-14)13(16-4)8-5-6-9-13/h11,15H,5-10,14H2,1-4H3. The molecule has 3 nitrogen and oxygen atoms in total. The molecule has 1 aliphatic carbocycles. The van der Waals surface area contributed by atoms with Crippen molar-refractivity contribution in [2.45, 2.75) is 70.9 Å². The molecular weight excluding hydrogens is 200 g/mol. The van der Waals surface area contributed by atoms with Gasteiger partial charge in [0.1, 0.15) is 0 Å². The van der Waals surface area contributed by atoms with E-state index in [2.05, 4.69) is 26.2 Å². The van der Waals surface area contributed by atoms with Gasteiger partial charge in [0.15, 0.2) is 0 Å². The summed E-state index contributed by atoms with van der Waals surface area (Å²) in [7, 11) is 1.83. The molecule has 0 aliphatic heterocycles. The van der Waals surface area contributed by atoms with Crippen LogP contribution in [0.15, 0.2) is 0 Å². The van der Waals surface area contributed by atoms with Gasteiger partial charge in [-0.25, -0.2) is 0 Å². The zero-order valence-corrected chi connectivity index (χ0v) is 11.3. The van der Waals surface area contributed by atoms with Crippen LogP contribution >= 0.6 is 0 Å². The summed E-state index contributed by atoms with van der Waals surface area (Å²) < 4.78 is 5.77. The molecule has 1 aliphatic rings. The Hall–Kier alpha value is -0.120. The average molecular weight is 228 g/mol. The molecule has 0 aromatic heterocycles. The first kappa shape index (κ1) is 13.9. The molecular formula is C13H28N2O. The Bertz CT molecular complexity index is 204. The summed E-state index contributed by atoms with van der Waals surface area (Å²) in [6.07, 6.45) is 7.08. The Balaban J connectivity index is 2.58. The molecule has 3 heteroatoms. The van der Waals surface area contributed by atoms with E-state index >= 15 is 0 Å². The summed E-state index contributed by atoms with van der Waals surface area (Å²) in [5.41, 5.74) is 3.33. The van der Waals surface area contributed by atoms with Gasteiger partial charge in [-0.1, -0.05) is 33.6 Å². The first-order valence-corrected chi connectivity index (χ1v) is 6.45. The second-order valence-electron chi connectivity index (χ2n) is 6.29. The third kappa shape index (κ3) is 3.44. The van der Waals surface area contributed by atoms with Gasteiger partial charge < -0.3 is 4.74 Å². The largest absolute Gasteiger partial charge is 0.377 e. The van der Waals surface area contributed by atoms with Crippen molar-refractivity contribution in [3.05, 3.63) is 0 Å². The molecule has 0 aromatic carbocycles. The van der Waals surface area contributed by atoms with Crippen molar-refractivity contribution in [2.24, 2.45) is 11.3 Å². The van der Waals surface area contributed by atoms with Crippen LogP contribution in [0.1, 0.15) is 59.3 Å². The molecule has 0 heterocycles. The van der Waals surface area contributed by atoms with Crippen LogP contribution in [0.3, 0.4) is 0 Å². The van der Waals surface area contributed by atoms with Crippen molar-refractivity contribution in [1.82, 2.24) is 5.43 Å². The van der Waals surface area contributed by atoms with E-state index in [1.807, 2.05) is 7.11 Å². The molecule has 0 saturated heterocycles. The molecule has 1 unspecified atom stereocenters. The van der Waals surface area contributed by atoms with Crippen molar-refractivity contribution in [3.63, 3.8) is 0 Å². The third-order valence-electron chi connectivity index (χ3n) is 3.88. The highest BCUT2D eigenvalue weighted by atomic mass is 16.5. The van der Waals surface area contributed by atoms with Crippen LogP contribution in [0.2, 0.25) is 0 Å². The number of hydrazine groups is 1. The fourth-order valence-electron chi connectivity index (χ4n) is 2.74. The SMILES string of the molecule is COC1(C(CCC(C)(C)C)NN)CCCC1. The molecule has 3 N–H and O–H groups in total. The molecule has 1 fully saturated rings. The zero-order chi connectivity index (χ0) is 12.2. The molecule has 96 valence electrons. The van der Waals surface area contributed by atoms with Crippen LogP contribution in [0, 0.1) is 5.41 Å². The zero-order valence-electron chi connectivity index (χ0n) is 11.3. The lowest BCUT2D eigenvalue weighted by molar-refractivity contribution is -0.0400. The molecule has 0 aromatic rings. The number of ether oxygens (including phenoxy) is 1. The second kappa shape index (κ2) is 5.48. The number of nitrogens with two attached hydrogens (primary N) is 1. The quantitative estimate of drug-likeness (QED) is 0.561. The summed E-state index contributed by atoms with van der Waals surface area (Å²) in [6.45, 7) is 6.82. The van der Waals surface area contributed by atoms with E-state index in [0.29, 0.717) is 11.5 Å². The maximum absolute atomic E-state index is 5.77. The van der Waals surface area contributed by atoms with E-state index in [-0.39, 0.29) is 5.60 Å². The van der Waals surface area contributed by atoms with Gasteiger partial charge in [-0.3, -0.25) is 11.3 Å². The first-order valence-electron chi connectivity index (χ1n) is 6.45. The second-order valence-corrected chi connectivity index (χ2v) is 6.29. The molecule has 0 spiro atoms. The highest BCUT2D eigenvalue weighted by Crippen LogP contribution is 2.38. The number of nitrogens with one attached hydrogen (secondary N) is 1. The summed E-state index contributed by atoms with van der Waals surface area (Å²) in [4.78, 5) is 0. The van der Waals surface area contributed by atoms with Crippen molar-refractivity contribution in [2.75, 3.05) is 7.11 Å². The average Bonchev–Trinajstić information content (AvgIpc) is 2.67. The minimum atomic E-state index is -0.0139. The topological polar surface area (TPSA) is 47.3 Å². The predicted molar refractivity (Wildman–Crippen MR) is 68.0 cm³/mol. The van der Waals surface area contributed by atoms with E-state index in [1.54, 1.807) is 0 Å². The fraction of sp³-hybridized carbons (Fsp3) is 1.00. The van der Waals surface area contributed by atoms with Crippen LogP contribution in [0.4, 0.5) is 0 Å². The van der Waals surface area contributed by atoms with E-state index in [9.17, 15) is 0 Å². The van der Waals surface area contributed by atoms with Gasteiger partial charge in [0.05, 0.1) is 11.6 Å². The normalized spacial score (nSPS) is 22.3. The van der Waals surface area contributed by atoms with Crippen LogP contribution in [0.5, 0.6) is 0 Å². The minimum absolute atomic E-state index is 0.0139. The Morgan fingerprint density at radius 1 is 1.31 bits per heavy atom. The summed E-state index contributed by atoms with van der Waals surface area (Å²) in [5.74, 6) is 5.71. The maximum atomic E-state index is 5.77. The van der Waals surface area contributed by atoms with Gasteiger partial charge >= 0.3 is 0 Å². The molecule has 1 saturated carbocycles. The predicted octanol–water partition coefficient (Wildman–Crippen LogP) is 2.60. The van der Waals surface area contributed by atoms with Gasteiger partial charge in [-0.2, -0.15) is 0 Å². The Morgan fingerprint density at radius 3 is 2.25 bits per heavy atom. The van der Waals surface area contributed by atoms with E-state index in [1.165, 1.54) is 19.3 Å². The fourth-order valence-corrected chi connectivity index (χ4v) is 2.74. The Morgan fingerprint density at radius 2 is 1.88 bits per heavy atom. The lowest BCUT2D eigenvalue weighted by atomic mass is 9.83. The molecule has 16 heavy (non-hydrogen) atoms. The Labute approximate surface area is 100 Å². The van der Waals surface area contributed by atoms with Gasteiger partial charge in [0, 0.05) is 7.11 Å². The Kier molecular flexibility index (Phi) is 4.77. The number of methoxy groups -OCH3 is 1. The van der Waals surface area contributed by atoms with Gasteiger partial charge in [-0.15, -0.1) is 0 Å². The van der Waals surface area contributed by atoms with E-state index in [0.717, 1.165) is 19.3 Å². The summed E-state index contributed by atoms with van der Waals surface area (Å²) >= 11 is 0. The van der Waals surface area contributed by atoms with Crippen molar-refractivity contribution in [1.29, 1.82) is 0 Å². The highest BCUT2D eigenvalue weighted by Gasteiger charge is 2.41. The number of hydrogen-bond donors (Lipinski definition) is 2. The maximum Gasteiger partial charge on any atom is 0.0844 e. The third-order valence-corrected chi connectivity index (χ3v) is 3.88. The number of rotatable bonds is 5. The molecule has 1 atom stereocenters. The van der Waals surface area contributed by atoms with Gasteiger partial charge in [-0.05, 0) is 31.1 Å². The summed E-state index contributed by atoms with van der Waals surface area (Å²) in [6, 6.07) is 0.291. The lowest BCUT2D eigenvalue weighted by Gasteiger charge is -2.37. The van der Waals surface area contributed by atoms with E-state index < -0.39 is 0 Å². The molecule has 1 rings (SSSR count). The van der Waals surface area contributed by atoms with E-state index in [4.69, 9.17) is 10.6 Å². The highest BCUT2D eigenvalue weighted by molar-refractivity contribution is 4.96. The number of hydrogen-bond acceptors (Lipinski definition) is 3. The van der Waals surface area contributed by atoms with Gasteiger partial charge in [0.2, 0.25) is 0 Å². The molecule has 0 bridgehead atoms. The lowest BCUT2D eigenvalue weighted by Crippen LogP contribution is -2.53. The summed E-state index contributed by atoms with van der Waals surface area (Å²) in [5, 5.41) is 0. The van der Waals surface area contributed by atoms with Crippen LogP contribution in [0.25, 0.3) is 0 Å².